The summed E-state index contributed by atoms with van der Waals surface area (Å²) in [5.41, 5.74) is 0.336. The molecule has 10 heteroatoms. The van der Waals surface area contributed by atoms with Crippen LogP contribution in [0.3, 0.4) is 0 Å². The van der Waals surface area contributed by atoms with E-state index in [-0.39, 0.29) is 31.8 Å². The van der Waals surface area contributed by atoms with Gasteiger partial charge in [-0.3, -0.25) is 9.59 Å². The van der Waals surface area contributed by atoms with Crippen LogP contribution in [-0.2, 0) is 4.79 Å². The third-order valence-electron chi connectivity index (χ3n) is 4.53. The number of alkyl halides is 3. The molecule has 0 spiro atoms. The summed E-state index contributed by atoms with van der Waals surface area (Å²) in [6, 6.07) is 2.54. The average Bonchev–Trinajstić information content (AvgIpc) is 2.70. The van der Waals surface area contributed by atoms with E-state index in [9.17, 15) is 22.8 Å². The summed E-state index contributed by atoms with van der Waals surface area (Å²) < 4.78 is 54.1. The van der Waals surface area contributed by atoms with Gasteiger partial charge >= 0.3 is 12.1 Å². The minimum atomic E-state index is -4.92. The highest BCUT2D eigenvalue weighted by Gasteiger charge is 2.40. The van der Waals surface area contributed by atoms with Crippen LogP contribution in [0, 0.1) is 0 Å². The molecular formula is C20H27F3N2O5. The Bertz CT molecular complexity index is 719. The fourth-order valence-electron chi connectivity index (χ4n) is 3.19. The van der Waals surface area contributed by atoms with Gasteiger partial charge in [-0.15, -0.1) is 0 Å². The number of amides is 2. The summed E-state index contributed by atoms with van der Waals surface area (Å²) in [4.78, 5) is 25.6. The Hall–Kier alpha value is -2.65. The maximum atomic E-state index is 13.0. The fraction of sp³-hybridized carbons (Fsp3) is 0.600. The van der Waals surface area contributed by atoms with Crippen molar-refractivity contribution >= 4 is 11.8 Å². The van der Waals surface area contributed by atoms with Crippen molar-refractivity contribution in [2.24, 2.45) is 0 Å². The lowest BCUT2D eigenvalue weighted by Crippen LogP contribution is -2.49. The molecule has 1 saturated heterocycles. The van der Waals surface area contributed by atoms with Gasteiger partial charge in [0.25, 0.3) is 5.91 Å². The van der Waals surface area contributed by atoms with Crippen LogP contribution in [0.1, 0.15) is 44.0 Å². The van der Waals surface area contributed by atoms with E-state index < -0.39 is 18.1 Å². The van der Waals surface area contributed by atoms with Gasteiger partial charge in [-0.1, -0.05) is 0 Å². The van der Waals surface area contributed by atoms with Crippen LogP contribution < -0.4 is 19.5 Å². The van der Waals surface area contributed by atoms with E-state index in [0.717, 1.165) is 0 Å². The van der Waals surface area contributed by atoms with Crippen molar-refractivity contribution in [2.45, 2.75) is 45.8 Å². The zero-order valence-electron chi connectivity index (χ0n) is 17.3. The lowest BCUT2D eigenvalue weighted by atomic mass is 10.0. The molecule has 1 N–H and O–H groups in total. The molecule has 0 radical (unpaired) electrons. The quantitative estimate of drug-likeness (QED) is 0.683. The van der Waals surface area contributed by atoms with E-state index in [1.807, 2.05) is 26.1 Å². The summed E-state index contributed by atoms with van der Waals surface area (Å²) in [5.74, 6) is -1.05. The standard InChI is InChI=1S/C20H27F3N2O5/c1-4-28-15-11-13(12-16(29-5-2)17(15)30-6-3)18(26)25-9-7-14(8-10-25)24-19(27)20(21,22)23/h11-12,14H,4-10H2,1-3H3,(H,24,27). The minimum Gasteiger partial charge on any atom is -0.490 e. The maximum Gasteiger partial charge on any atom is 0.471 e. The van der Waals surface area contributed by atoms with Gasteiger partial charge in [-0.2, -0.15) is 13.2 Å². The molecule has 1 aromatic carbocycles. The van der Waals surface area contributed by atoms with Gasteiger partial charge in [0.1, 0.15) is 0 Å². The number of rotatable bonds is 8. The Morgan fingerprint density at radius 1 is 1.00 bits per heavy atom. The molecule has 0 unspecified atom stereocenters. The molecule has 0 bridgehead atoms. The van der Waals surface area contributed by atoms with Crippen molar-refractivity contribution in [3.63, 3.8) is 0 Å². The molecule has 2 rings (SSSR count). The molecule has 1 aromatic rings. The van der Waals surface area contributed by atoms with Gasteiger partial charge in [0.05, 0.1) is 19.8 Å². The fourth-order valence-corrected chi connectivity index (χ4v) is 3.19. The molecule has 0 atom stereocenters. The van der Waals surface area contributed by atoms with Gasteiger partial charge in [0, 0.05) is 24.7 Å². The van der Waals surface area contributed by atoms with E-state index in [4.69, 9.17) is 14.2 Å². The summed E-state index contributed by atoms with van der Waals surface area (Å²) in [6.07, 6.45) is -4.44. The van der Waals surface area contributed by atoms with Crippen molar-refractivity contribution in [1.82, 2.24) is 10.2 Å². The van der Waals surface area contributed by atoms with Crippen LogP contribution in [0.15, 0.2) is 12.1 Å². The highest BCUT2D eigenvalue weighted by Crippen LogP contribution is 2.39. The zero-order valence-corrected chi connectivity index (χ0v) is 17.3. The number of ether oxygens (including phenoxy) is 3. The second-order valence-corrected chi connectivity index (χ2v) is 6.64. The first-order valence-electron chi connectivity index (χ1n) is 9.94. The van der Waals surface area contributed by atoms with Gasteiger partial charge in [0.2, 0.25) is 5.75 Å². The number of likely N-dealkylation sites (tertiary alicyclic amines) is 1. The number of nitrogens with one attached hydrogen (secondary N) is 1. The number of hydrogen-bond acceptors (Lipinski definition) is 5. The first-order chi connectivity index (χ1) is 14.2. The van der Waals surface area contributed by atoms with E-state index >= 15 is 0 Å². The Balaban J connectivity index is 2.14. The van der Waals surface area contributed by atoms with E-state index in [1.165, 1.54) is 4.90 Å². The highest BCUT2D eigenvalue weighted by atomic mass is 19.4. The molecule has 0 saturated carbocycles. The number of carbonyl (C=O) groups is 2. The number of benzene rings is 1. The number of nitrogens with zero attached hydrogens (tertiary/aromatic N) is 1. The van der Waals surface area contributed by atoms with Crippen molar-refractivity contribution in [2.75, 3.05) is 32.9 Å². The highest BCUT2D eigenvalue weighted by molar-refractivity contribution is 5.95. The lowest BCUT2D eigenvalue weighted by molar-refractivity contribution is -0.174. The predicted molar refractivity (Wildman–Crippen MR) is 103 cm³/mol. The second kappa shape index (κ2) is 10.4. The summed E-state index contributed by atoms with van der Waals surface area (Å²) in [7, 11) is 0. The molecule has 1 aliphatic rings. The van der Waals surface area contributed by atoms with Gasteiger partial charge < -0.3 is 24.4 Å². The maximum absolute atomic E-state index is 13.0. The third kappa shape index (κ3) is 5.93. The normalized spacial score (nSPS) is 14.9. The van der Waals surface area contributed by atoms with Crippen LogP contribution >= 0.6 is 0 Å². The molecule has 0 aromatic heterocycles. The van der Waals surface area contributed by atoms with E-state index in [2.05, 4.69) is 0 Å². The van der Waals surface area contributed by atoms with Crippen molar-refractivity contribution in [3.8, 4) is 17.2 Å². The number of hydrogen-bond donors (Lipinski definition) is 1. The molecule has 7 nitrogen and oxygen atoms in total. The van der Waals surface area contributed by atoms with Crippen molar-refractivity contribution in [3.05, 3.63) is 17.7 Å². The smallest absolute Gasteiger partial charge is 0.471 e. The van der Waals surface area contributed by atoms with E-state index in [0.29, 0.717) is 42.6 Å². The van der Waals surface area contributed by atoms with Gasteiger partial charge in [0.15, 0.2) is 11.5 Å². The average molecular weight is 432 g/mol. The van der Waals surface area contributed by atoms with Gasteiger partial charge in [-0.25, -0.2) is 0 Å². The number of piperidine rings is 1. The molecular weight excluding hydrogens is 405 g/mol. The lowest BCUT2D eigenvalue weighted by Gasteiger charge is -2.32. The summed E-state index contributed by atoms with van der Waals surface area (Å²) >= 11 is 0. The molecule has 168 valence electrons. The minimum absolute atomic E-state index is 0.225. The zero-order chi connectivity index (χ0) is 22.3. The van der Waals surface area contributed by atoms with Crippen LogP contribution in [0.25, 0.3) is 0 Å². The SMILES string of the molecule is CCOc1cc(C(=O)N2CCC(NC(=O)C(F)(F)F)CC2)cc(OCC)c1OCC. The molecule has 1 fully saturated rings. The molecule has 0 aliphatic carbocycles. The van der Waals surface area contributed by atoms with Crippen molar-refractivity contribution < 1.29 is 37.0 Å². The van der Waals surface area contributed by atoms with Crippen LogP contribution in [-0.4, -0.2) is 61.8 Å². The third-order valence-corrected chi connectivity index (χ3v) is 4.53. The summed E-state index contributed by atoms with van der Waals surface area (Å²) in [6.45, 7) is 7.03. The Labute approximate surface area is 173 Å². The van der Waals surface area contributed by atoms with Crippen molar-refractivity contribution in [1.29, 1.82) is 0 Å². The topological polar surface area (TPSA) is 77.1 Å². The van der Waals surface area contributed by atoms with Crippen LogP contribution in [0.5, 0.6) is 17.2 Å². The molecule has 30 heavy (non-hydrogen) atoms. The molecule has 1 heterocycles. The van der Waals surface area contributed by atoms with Gasteiger partial charge in [-0.05, 0) is 45.7 Å². The first-order valence-corrected chi connectivity index (χ1v) is 9.94. The first kappa shape index (κ1) is 23.6. The number of halogens is 3. The summed E-state index contributed by atoms with van der Waals surface area (Å²) in [5, 5.41) is 1.97. The van der Waals surface area contributed by atoms with Crippen LogP contribution in [0.2, 0.25) is 0 Å². The molecule has 1 aliphatic heterocycles. The van der Waals surface area contributed by atoms with E-state index in [1.54, 1.807) is 12.1 Å². The Morgan fingerprint density at radius 3 is 1.93 bits per heavy atom. The second-order valence-electron chi connectivity index (χ2n) is 6.64. The number of carbonyl (C=O) groups excluding carboxylic acids is 2. The Morgan fingerprint density at radius 2 is 1.50 bits per heavy atom. The predicted octanol–water partition coefficient (Wildman–Crippen LogP) is 3.17. The Kier molecular flexibility index (Phi) is 8.19. The molecule has 2 amide bonds. The van der Waals surface area contributed by atoms with Crippen LogP contribution in [0.4, 0.5) is 13.2 Å². The monoisotopic (exact) mass is 432 g/mol. The largest absolute Gasteiger partial charge is 0.490 e.